The lowest BCUT2D eigenvalue weighted by Gasteiger charge is -2.05. The van der Waals surface area contributed by atoms with Crippen LogP contribution in [0.15, 0.2) is 42.9 Å². The second-order valence-corrected chi connectivity index (χ2v) is 4.09. The van der Waals surface area contributed by atoms with Crippen molar-refractivity contribution in [2.45, 2.75) is 19.9 Å². The molecule has 0 aliphatic carbocycles. The zero-order chi connectivity index (χ0) is 11.9. The van der Waals surface area contributed by atoms with Crippen molar-refractivity contribution in [2.75, 3.05) is 6.54 Å². The second kappa shape index (κ2) is 6.11. The van der Waals surface area contributed by atoms with Crippen LogP contribution in [-0.4, -0.2) is 16.5 Å². The monoisotopic (exact) mass is 227 g/mol. The number of hydrogen-bond donors (Lipinski definition) is 1. The van der Waals surface area contributed by atoms with Crippen LogP contribution in [0, 0.1) is 6.92 Å². The largest absolute Gasteiger partial charge is 0.312 e. The Morgan fingerprint density at radius 2 is 1.88 bits per heavy atom. The summed E-state index contributed by atoms with van der Waals surface area (Å²) >= 11 is 0. The lowest BCUT2D eigenvalue weighted by molar-refractivity contribution is 0.684. The minimum Gasteiger partial charge on any atom is -0.312 e. The molecule has 0 bridgehead atoms. The molecule has 0 aliphatic heterocycles. The van der Waals surface area contributed by atoms with E-state index in [1.54, 1.807) is 0 Å². The fraction of sp³-hybridized carbons (Fsp3) is 0.286. The van der Waals surface area contributed by atoms with E-state index >= 15 is 0 Å². The van der Waals surface area contributed by atoms with Crippen molar-refractivity contribution < 1.29 is 0 Å². The first-order valence-electron chi connectivity index (χ1n) is 5.86. The molecular formula is C14H17N3. The van der Waals surface area contributed by atoms with Gasteiger partial charge in [0.15, 0.2) is 0 Å². The zero-order valence-corrected chi connectivity index (χ0v) is 10.1. The van der Waals surface area contributed by atoms with Crippen molar-refractivity contribution in [2.24, 2.45) is 0 Å². The summed E-state index contributed by atoms with van der Waals surface area (Å²) in [6, 6.07) is 8.26. The number of rotatable bonds is 5. The first kappa shape index (κ1) is 11.7. The highest BCUT2D eigenvalue weighted by molar-refractivity contribution is 5.13. The Morgan fingerprint density at radius 1 is 1.06 bits per heavy atom. The van der Waals surface area contributed by atoms with Crippen LogP contribution in [0.1, 0.15) is 16.8 Å². The highest BCUT2D eigenvalue weighted by atomic mass is 14.8. The summed E-state index contributed by atoms with van der Waals surface area (Å²) in [6.07, 6.45) is 6.62. The molecule has 0 saturated carbocycles. The van der Waals surface area contributed by atoms with Gasteiger partial charge in [0.1, 0.15) is 0 Å². The van der Waals surface area contributed by atoms with Gasteiger partial charge in [-0.05, 0) is 49.2 Å². The molecule has 3 nitrogen and oxygen atoms in total. The smallest absolute Gasteiger partial charge is 0.0372 e. The molecular weight excluding hydrogens is 210 g/mol. The third-order valence-electron chi connectivity index (χ3n) is 2.64. The number of aryl methyl sites for hydroxylation is 1. The Balaban J connectivity index is 1.71. The van der Waals surface area contributed by atoms with Crippen LogP contribution in [0.25, 0.3) is 0 Å². The van der Waals surface area contributed by atoms with Gasteiger partial charge in [-0.2, -0.15) is 0 Å². The summed E-state index contributed by atoms with van der Waals surface area (Å²) in [7, 11) is 0. The van der Waals surface area contributed by atoms with E-state index in [-0.39, 0.29) is 0 Å². The maximum absolute atomic E-state index is 4.27. The van der Waals surface area contributed by atoms with E-state index in [9.17, 15) is 0 Å². The molecule has 17 heavy (non-hydrogen) atoms. The molecule has 0 aliphatic rings. The highest BCUT2D eigenvalue weighted by Gasteiger charge is 1.94. The van der Waals surface area contributed by atoms with Gasteiger partial charge in [0.05, 0.1) is 0 Å². The van der Waals surface area contributed by atoms with Gasteiger partial charge < -0.3 is 5.32 Å². The number of hydrogen-bond acceptors (Lipinski definition) is 3. The van der Waals surface area contributed by atoms with Crippen molar-refractivity contribution in [3.63, 3.8) is 0 Å². The Bertz CT molecular complexity index is 437. The molecule has 0 saturated heterocycles. The van der Waals surface area contributed by atoms with Crippen molar-refractivity contribution in [3.8, 4) is 0 Å². The van der Waals surface area contributed by atoms with Crippen molar-refractivity contribution in [3.05, 3.63) is 59.7 Å². The molecule has 3 heteroatoms. The fourth-order valence-electron chi connectivity index (χ4n) is 1.62. The van der Waals surface area contributed by atoms with E-state index in [2.05, 4.69) is 33.5 Å². The number of pyridine rings is 2. The van der Waals surface area contributed by atoms with Crippen molar-refractivity contribution in [1.29, 1.82) is 0 Å². The zero-order valence-electron chi connectivity index (χ0n) is 10.1. The minimum atomic E-state index is 0.873. The first-order chi connectivity index (χ1) is 8.34. The Kier molecular flexibility index (Phi) is 4.22. The molecule has 0 spiro atoms. The summed E-state index contributed by atoms with van der Waals surface area (Å²) in [4.78, 5) is 8.27. The van der Waals surface area contributed by atoms with E-state index in [1.165, 1.54) is 11.1 Å². The SMILES string of the molecule is Cc1ccc(CNCCc2ccncc2)cn1. The number of aromatic nitrogens is 2. The quantitative estimate of drug-likeness (QED) is 0.795. The van der Waals surface area contributed by atoms with E-state index in [4.69, 9.17) is 0 Å². The fourth-order valence-corrected chi connectivity index (χ4v) is 1.62. The molecule has 0 amide bonds. The molecule has 0 radical (unpaired) electrons. The van der Waals surface area contributed by atoms with Gasteiger partial charge in [-0.15, -0.1) is 0 Å². The van der Waals surface area contributed by atoms with Crippen molar-refractivity contribution >= 4 is 0 Å². The van der Waals surface area contributed by atoms with Crippen LogP contribution >= 0.6 is 0 Å². The van der Waals surface area contributed by atoms with Gasteiger partial charge in [-0.1, -0.05) is 6.07 Å². The molecule has 2 heterocycles. The van der Waals surface area contributed by atoms with Gasteiger partial charge in [0.2, 0.25) is 0 Å². The number of nitrogens with zero attached hydrogens (tertiary/aromatic N) is 2. The van der Waals surface area contributed by atoms with E-state index in [1.807, 2.05) is 31.6 Å². The summed E-state index contributed by atoms with van der Waals surface area (Å²) in [5.41, 5.74) is 3.60. The summed E-state index contributed by atoms with van der Waals surface area (Å²) in [5, 5.41) is 3.41. The maximum atomic E-state index is 4.27. The molecule has 0 unspecified atom stereocenters. The van der Waals surface area contributed by atoms with Gasteiger partial charge in [0.25, 0.3) is 0 Å². The molecule has 2 aromatic rings. The lowest BCUT2D eigenvalue weighted by atomic mass is 10.2. The summed E-state index contributed by atoms with van der Waals surface area (Å²) in [5.74, 6) is 0. The van der Waals surface area contributed by atoms with Crippen LogP contribution < -0.4 is 5.32 Å². The van der Waals surface area contributed by atoms with Gasteiger partial charge in [-0.25, -0.2) is 0 Å². The van der Waals surface area contributed by atoms with Crippen molar-refractivity contribution in [1.82, 2.24) is 15.3 Å². The van der Waals surface area contributed by atoms with Crippen LogP contribution in [0.3, 0.4) is 0 Å². The predicted molar refractivity (Wildman–Crippen MR) is 68.6 cm³/mol. The minimum absolute atomic E-state index is 0.873. The molecule has 1 N–H and O–H groups in total. The topological polar surface area (TPSA) is 37.8 Å². The summed E-state index contributed by atoms with van der Waals surface area (Å²) < 4.78 is 0. The first-order valence-corrected chi connectivity index (χ1v) is 5.86. The van der Waals surface area contributed by atoms with Crippen LogP contribution in [0.4, 0.5) is 0 Å². The lowest BCUT2D eigenvalue weighted by Crippen LogP contribution is -2.16. The van der Waals surface area contributed by atoms with E-state index in [0.717, 1.165) is 25.2 Å². The Labute approximate surface area is 102 Å². The molecule has 88 valence electrons. The van der Waals surface area contributed by atoms with Crippen LogP contribution in [0.5, 0.6) is 0 Å². The maximum Gasteiger partial charge on any atom is 0.0372 e. The van der Waals surface area contributed by atoms with Crippen LogP contribution in [0.2, 0.25) is 0 Å². The van der Waals surface area contributed by atoms with Gasteiger partial charge >= 0.3 is 0 Å². The predicted octanol–water partition coefficient (Wildman–Crippen LogP) is 2.12. The second-order valence-electron chi connectivity index (χ2n) is 4.09. The Morgan fingerprint density at radius 3 is 2.59 bits per heavy atom. The highest BCUT2D eigenvalue weighted by Crippen LogP contribution is 1.99. The normalized spacial score (nSPS) is 10.4. The molecule has 2 rings (SSSR count). The molecule has 2 aromatic heterocycles. The Hall–Kier alpha value is -1.74. The van der Waals surface area contributed by atoms with Gasteiger partial charge in [0, 0.05) is 30.8 Å². The van der Waals surface area contributed by atoms with Crippen LogP contribution in [-0.2, 0) is 13.0 Å². The van der Waals surface area contributed by atoms with E-state index < -0.39 is 0 Å². The summed E-state index contributed by atoms with van der Waals surface area (Å²) in [6.45, 7) is 3.84. The standard InChI is InChI=1S/C14H17N3/c1-12-2-3-14(11-17-12)10-16-9-6-13-4-7-15-8-5-13/h2-5,7-8,11,16H,6,9-10H2,1H3. The van der Waals surface area contributed by atoms with Gasteiger partial charge in [-0.3, -0.25) is 9.97 Å². The molecule has 0 aromatic carbocycles. The average Bonchev–Trinajstić information content (AvgIpc) is 2.38. The molecule has 0 fully saturated rings. The average molecular weight is 227 g/mol. The third-order valence-corrected chi connectivity index (χ3v) is 2.64. The molecule has 0 atom stereocenters. The number of nitrogens with one attached hydrogen (secondary N) is 1. The van der Waals surface area contributed by atoms with E-state index in [0.29, 0.717) is 0 Å². The third kappa shape index (κ3) is 3.96.